The molecule has 0 bridgehead atoms. The smallest absolute Gasteiger partial charge is 0.0576 e. The van der Waals surface area contributed by atoms with Gasteiger partial charge in [0.15, 0.2) is 0 Å². The van der Waals surface area contributed by atoms with E-state index in [2.05, 4.69) is 24.4 Å². The van der Waals surface area contributed by atoms with Gasteiger partial charge in [-0.25, -0.2) is 0 Å². The molecule has 1 N–H and O–H groups in total. The van der Waals surface area contributed by atoms with Crippen molar-refractivity contribution in [3.8, 4) is 0 Å². The molecule has 3 heteroatoms. The van der Waals surface area contributed by atoms with Crippen LogP contribution in [-0.2, 0) is 4.74 Å². The van der Waals surface area contributed by atoms with Gasteiger partial charge in [0, 0.05) is 18.2 Å². The Morgan fingerprint density at radius 3 is 3.05 bits per heavy atom. The summed E-state index contributed by atoms with van der Waals surface area (Å²) in [6, 6.07) is 8.26. The number of hydrogen-bond donors (Lipinski definition) is 1. The fourth-order valence-corrected chi connectivity index (χ4v) is 2.92. The Hall–Kier alpha value is -0.570. The summed E-state index contributed by atoms with van der Waals surface area (Å²) >= 11 is 6.11. The summed E-state index contributed by atoms with van der Waals surface area (Å²) in [5, 5.41) is 4.29. The molecule has 106 valence electrons. The molecule has 0 saturated carbocycles. The van der Waals surface area contributed by atoms with Gasteiger partial charge in [-0.2, -0.15) is 0 Å². The molecule has 19 heavy (non-hydrogen) atoms. The third kappa shape index (κ3) is 4.79. The van der Waals surface area contributed by atoms with Crippen molar-refractivity contribution in [2.24, 2.45) is 0 Å². The Kier molecular flexibility index (Phi) is 6.15. The van der Waals surface area contributed by atoms with Crippen molar-refractivity contribution in [3.63, 3.8) is 0 Å². The average Bonchev–Trinajstić information content (AvgIpc) is 2.92. The number of halogens is 1. The van der Waals surface area contributed by atoms with E-state index in [-0.39, 0.29) is 0 Å². The minimum Gasteiger partial charge on any atom is -0.378 e. The molecule has 1 aliphatic heterocycles. The molecule has 2 rings (SSSR count). The first kappa shape index (κ1) is 14.8. The van der Waals surface area contributed by atoms with Gasteiger partial charge in [-0.15, -0.1) is 0 Å². The quantitative estimate of drug-likeness (QED) is 0.816. The Morgan fingerprint density at radius 1 is 1.47 bits per heavy atom. The van der Waals surface area contributed by atoms with E-state index in [4.69, 9.17) is 16.3 Å². The van der Waals surface area contributed by atoms with Crippen molar-refractivity contribution in [1.82, 2.24) is 5.32 Å². The fourth-order valence-electron chi connectivity index (χ4n) is 2.72. The lowest BCUT2D eigenvalue weighted by Crippen LogP contribution is -2.22. The molecule has 1 aliphatic rings. The Morgan fingerprint density at radius 2 is 2.37 bits per heavy atom. The number of likely N-dealkylation sites (N-methyl/N-ethyl adjacent to an activating group) is 1. The highest BCUT2D eigenvalue weighted by Gasteiger charge is 2.18. The largest absolute Gasteiger partial charge is 0.378 e. The van der Waals surface area contributed by atoms with Crippen LogP contribution >= 0.6 is 11.6 Å². The van der Waals surface area contributed by atoms with Gasteiger partial charge in [0.1, 0.15) is 0 Å². The molecule has 0 spiro atoms. The minimum atomic E-state index is 0.475. The molecular weight excluding hydrogens is 258 g/mol. The molecule has 1 aromatic carbocycles. The van der Waals surface area contributed by atoms with Gasteiger partial charge in [0.2, 0.25) is 0 Å². The van der Waals surface area contributed by atoms with Crippen LogP contribution < -0.4 is 5.32 Å². The van der Waals surface area contributed by atoms with Crippen molar-refractivity contribution in [2.75, 3.05) is 19.7 Å². The molecular formula is C16H24ClNO. The third-order valence-electron chi connectivity index (χ3n) is 3.82. The van der Waals surface area contributed by atoms with Crippen molar-refractivity contribution < 1.29 is 4.74 Å². The van der Waals surface area contributed by atoms with E-state index in [1.807, 2.05) is 12.1 Å². The molecule has 1 heterocycles. The van der Waals surface area contributed by atoms with E-state index in [1.165, 1.54) is 18.4 Å². The maximum atomic E-state index is 6.11. The maximum Gasteiger partial charge on any atom is 0.0576 e. The Balaban J connectivity index is 1.94. The summed E-state index contributed by atoms with van der Waals surface area (Å²) in [6.45, 7) is 5.12. The van der Waals surface area contributed by atoms with E-state index >= 15 is 0 Å². The highest BCUT2D eigenvalue weighted by molar-refractivity contribution is 6.30. The lowest BCUT2D eigenvalue weighted by atomic mass is 9.92. The third-order valence-corrected chi connectivity index (χ3v) is 4.06. The molecule has 1 aromatic rings. The molecule has 0 radical (unpaired) electrons. The summed E-state index contributed by atoms with van der Waals surface area (Å²) in [5.41, 5.74) is 1.34. The summed E-state index contributed by atoms with van der Waals surface area (Å²) in [6.07, 6.45) is 5.24. The van der Waals surface area contributed by atoms with Crippen molar-refractivity contribution >= 4 is 11.6 Å². The van der Waals surface area contributed by atoms with Crippen LogP contribution in [0, 0.1) is 0 Å². The highest BCUT2D eigenvalue weighted by Crippen LogP contribution is 2.27. The van der Waals surface area contributed by atoms with Gasteiger partial charge in [-0.1, -0.05) is 30.7 Å². The zero-order valence-corrected chi connectivity index (χ0v) is 12.5. The van der Waals surface area contributed by atoms with E-state index < -0.39 is 0 Å². The predicted molar refractivity (Wildman–Crippen MR) is 80.9 cm³/mol. The molecule has 1 saturated heterocycles. The van der Waals surface area contributed by atoms with Gasteiger partial charge in [-0.3, -0.25) is 0 Å². The van der Waals surface area contributed by atoms with Crippen LogP contribution in [0.4, 0.5) is 0 Å². The van der Waals surface area contributed by atoms with E-state index in [9.17, 15) is 0 Å². The zero-order chi connectivity index (χ0) is 13.5. The average molecular weight is 282 g/mol. The van der Waals surface area contributed by atoms with Crippen molar-refractivity contribution in [1.29, 1.82) is 0 Å². The summed E-state index contributed by atoms with van der Waals surface area (Å²) < 4.78 is 5.72. The van der Waals surface area contributed by atoms with Crippen LogP contribution in [0.2, 0.25) is 5.02 Å². The molecule has 2 atom stereocenters. The Bertz CT molecular complexity index is 377. The molecule has 2 nitrogen and oxygen atoms in total. The first-order valence-corrected chi connectivity index (χ1v) is 7.75. The van der Waals surface area contributed by atoms with Crippen LogP contribution in [0.5, 0.6) is 0 Å². The molecule has 0 amide bonds. The predicted octanol–water partition coefficient (Wildman–Crippen LogP) is 3.99. The van der Waals surface area contributed by atoms with E-state index in [0.29, 0.717) is 12.0 Å². The number of nitrogens with one attached hydrogen (secondary N) is 1. The van der Waals surface area contributed by atoms with Gasteiger partial charge in [-0.05, 0) is 55.8 Å². The van der Waals surface area contributed by atoms with Crippen LogP contribution in [0.3, 0.4) is 0 Å². The van der Waals surface area contributed by atoms with Crippen LogP contribution in [0.25, 0.3) is 0 Å². The molecule has 2 unspecified atom stereocenters. The van der Waals surface area contributed by atoms with Gasteiger partial charge in [0.25, 0.3) is 0 Å². The number of benzene rings is 1. The zero-order valence-electron chi connectivity index (χ0n) is 11.7. The summed E-state index contributed by atoms with van der Waals surface area (Å²) in [5.74, 6) is 0.530. The van der Waals surface area contributed by atoms with Gasteiger partial charge >= 0.3 is 0 Å². The first-order valence-electron chi connectivity index (χ1n) is 7.37. The lowest BCUT2D eigenvalue weighted by Gasteiger charge is -2.20. The standard InChI is InChI=1S/C16H24ClNO/c1-2-18-12-14(8-9-16-7-4-10-19-16)13-5-3-6-15(17)11-13/h3,5-6,11,14,16,18H,2,4,7-10,12H2,1H3. The summed E-state index contributed by atoms with van der Waals surface area (Å²) in [7, 11) is 0. The van der Waals surface area contributed by atoms with Gasteiger partial charge in [0.05, 0.1) is 6.10 Å². The van der Waals surface area contributed by atoms with E-state index in [1.54, 1.807) is 0 Å². The number of hydrogen-bond acceptors (Lipinski definition) is 2. The summed E-state index contributed by atoms with van der Waals surface area (Å²) in [4.78, 5) is 0. The van der Waals surface area contributed by atoms with Crippen LogP contribution in [0.1, 0.15) is 44.1 Å². The Labute approximate surface area is 121 Å². The van der Waals surface area contributed by atoms with Crippen LogP contribution in [-0.4, -0.2) is 25.8 Å². The molecule has 0 aliphatic carbocycles. The normalized spacial score (nSPS) is 20.6. The topological polar surface area (TPSA) is 21.3 Å². The second kappa shape index (κ2) is 7.88. The first-order chi connectivity index (χ1) is 9.29. The minimum absolute atomic E-state index is 0.475. The molecule has 1 fully saturated rings. The number of ether oxygens (including phenoxy) is 1. The SMILES string of the molecule is CCNCC(CCC1CCCO1)c1cccc(Cl)c1. The number of rotatable bonds is 7. The van der Waals surface area contributed by atoms with Crippen LogP contribution in [0.15, 0.2) is 24.3 Å². The van der Waals surface area contributed by atoms with Crippen molar-refractivity contribution in [3.05, 3.63) is 34.9 Å². The van der Waals surface area contributed by atoms with Gasteiger partial charge < -0.3 is 10.1 Å². The fraction of sp³-hybridized carbons (Fsp3) is 0.625. The second-order valence-corrected chi connectivity index (χ2v) is 5.71. The second-order valence-electron chi connectivity index (χ2n) is 5.27. The van der Waals surface area contributed by atoms with Crippen molar-refractivity contribution in [2.45, 2.75) is 44.6 Å². The molecule has 0 aromatic heterocycles. The maximum absolute atomic E-state index is 6.11. The highest BCUT2D eigenvalue weighted by atomic mass is 35.5. The lowest BCUT2D eigenvalue weighted by molar-refractivity contribution is 0.101. The van der Waals surface area contributed by atoms with E-state index in [0.717, 1.165) is 37.6 Å². The monoisotopic (exact) mass is 281 g/mol.